The van der Waals surface area contributed by atoms with Crippen molar-refractivity contribution in [3.05, 3.63) is 69.2 Å². The van der Waals surface area contributed by atoms with Crippen LogP contribution in [0.1, 0.15) is 16.1 Å². The zero-order valence-electron chi connectivity index (χ0n) is 17.2. The van der Waals surface area contributed by atoms with Crippen molar-refractivity contribution in [2.24, 2.45) is 0 Å². The highest BCUT2D eigenvalue weighted by molar-refractivity contribution is 7.89. The summed E-state index contributed by atoms with van der Waals surface area (Å²) in [6.45, 7) is -0.0628. The Morgan fingerprint density at radius 3 is 2.69 bits per heavy atom. The van der Waals surface area contributed by atoms with Crippen LogP contribution in [0, 0.1) is 0 Å². The number of hydrogen-bond donors (Lipinski definition) is 1. The second-order valence-corrected chi connectivity index (χ2v) is 8.67. The summed E-state index contributed by atoms with van der Waals surface area (Å²) < 4.78 is 43.9. The molecule has 0 bridgehead atoms. The van der Waals surface area contributed by atoms with E-state index in [-0.39, 0.29) is 47.2 Å². The molecule has 10 nitrogen and oxygen atoms in total. The molecular weight excluding hydrogens is 462 g/mol. The lowest BCUT2D eigenvalue weighted by atomic mass is 10.2. The van der Waals surface area contributed by atoms with E-state index in [0.717, 1.165) is 6.07 Å². The molecule has 3 rings (SSSR count). The van der Waals surface area contributed by atoms with E-state index in [2.05, 4.69) is 9.71 Å². The maximum Gasteiger partial charge on any atom is 0.338 e. The molecule has 1 N–H and O–H groups in total. The number of carbonyl (C=O) groups is 1. The van der Waals surface area contributed by atoms with Crippen molar-refractivity contribution in [2.75, 3.05) is 27.4 Å². The second-order valence-electron chi connectivity index (χ2n) is 6.49. The van der Waals surface area contributed by atoms with Gasteiger partial charge in [0.15, 0.2) is 0 Å². The van der Waals surface area contributed by atoms with Crippen LogP contribution >= 0.6 is 11.6 Å². The average Bonchev–Trinajstić information content (AvgIpc) is 2.77. The Morgan fingerprint density at radius 2 is 1.97 bits per heavy atom. The molecule has 3 aromatic rings. The summed E-state index contributed by atoms with van der Waals surface area (Å²) in [5.41, 5.74) is 0.173. The minimum Gasteiger partial charge on any atom is -0.495 e. The van der Waals surface area contributed by atoms with Crippen LogP contribution in [-0.2, 0) is 26.1 Å². The number of nitrogens with one attached hydrogen (secondary N) is 1. The molecule has 0 saturated carbocycles. The van der Waals surface area contributed by atoms with Gasteiger partial charge in [0.05, 0.1) is 30.0 Å². The SMILES string of the molecule is COCCNS(=O)(=O)c1cc(C(=O)OCc2cc(=O)n3cc(Cl)ccc3n2)ccc1OC. The van der Waals surface area contributed by atoms with E-state index in [4.69, 9.17) is 25.8 Å². The molecule has 0 amide bonds. The van der Waals surface area contributed by atoms with Crippen molar-refractivity contribution >= 4 is 33.2 Å². The molecule has 0 spiro atoms. The van der Waals surface area contributed by atoms with Crippen LogP contribution in [0.4, 0.5) is 0 Å². The quantitative estimate of drug-likeness (QED) is 0.361. The van der Waals surface area contributed by atoms with E-state index in [1.54, 1.807) is 12.1 Å². The predicted molar refractivity (Wildman–Crippen MR) is 116 cm³/mol. The fourth-order valence-electron chi connectivity index (χ4n) is 2.79. The van der Waals surface area contributed by atoms with Crippen molar-refractivity contribution in [3.63, 3.8) is 0 Å². The number of pyridine rings is 1. The van der Waals surface area contributed by atoms with Gasteiger partial charge in [-0.2, -0.15) is 0 Å². The zero-order valence-corrected chi connectivity index (χ0v) is 18.8. The molecule has 12 heteroatoms. The first-order valence-corrected chi connectivity index (χ1v) is 11.1. The van der Waals surface area contributed by atoms with Gasteiger partial charge in [-0.3, -0.25) is 9.20 Å². The molecule has 170 valence electrons. The van der Waals surface area contributed by atoms with E-state index in [9.17, 15) is 18.0 Å². The number of nitrogens with zero attached hydrogens (tertiary/aromatic N) is 2. The number of sulfonamides is 1. The lowest BCUT2D eigenvalue weighted by Crippen LogP contribution is -2.27. The Hall–Kier alpha value is -2.99. The first-order chi connectivity index (χ1) is 15.2. The number of aromatic nitrogens is 2. The molecule has 0 fully saturated rings. The molecule has 0 saturated heterocycles. The highest BCUT2D eigenvalue weighted by Gasteiger charge is 2.22. The molecule has 1 aromatic carbocycles. The number of esters is 1. The number of fused-ring (bicyclic) bond motifs is 1. The minimum absolute atomic E-state index is 0.0118. The summed E-state index contributed by atoms with van der Waals surface area (Å²) in [4.78, 5) is 28.8. The topological polar surface area (TPSA) is 125 Å². The number of benzene rings is 1. The Labute approximate surface area is 188 Å². The van der Waals surface area contributed by atoms with Crippen LogP contribution in [0.25, 0.3) is 5.65 Å². The third-order valence-corrected chi connectivity index (χ3v) is 6.02. The van der Waals surface area contributed by atoms with Crippen LogP contribution in [0.15, 0.2) is 52.3 Å². The van der Waals surface area contributed by atoms with Crippen molar-refractivity contribution in [1.82, 2.24) is 14.1 Å². The standard InChI is InChI=1S/C20H20ClN3O7S/c1-29-8-7-22-32(27,28)17-9-13(3-5-16(17)30-2)20(26)31-12-15-10-19(25)24-11-14(21)4-6-18(24)23-15/h3-6,9-11,22H,7-8,12H2,1-2H3. The number of hydrogen-bond acceptors (Lipinski definition) is 8. The van der Waals surface area contributed by atoms with Crippen LogP contribution in [-0.4, -0.2) is 51.1 Å². The maximum absolute atomic E-state index is 12.6. The summed E-state index contributed by atoms with van der Waals surface area (Å²) in [6, 6.07) is 8.25. The van der Waals surface area contributed by atoms with Crippen LogP contribution in [0.3, 0.4) is 0 Å². The van der Waals surface area contributed by atoms with E-state index < -0.39 is 16.0 Å². The lowest BCUT2D eigenvalue weighted by Gasteiger charge is -2.12. The Morgan fingerprint density at radius 1 is 1.19 bits per heavy atom. The predicted octanol–water partition coefficient (Wildman–Crippen LogP) is 1.64. The van der Waals surface area contributed by atoms with Gasteiger partial charge in [0.2, 0.25) is 10.0 Å². The molecule has 0 unspecified atom stereocenters. The maximum atomic E-state index is 12.6. The summed E-state index contributed by atoms with van der Waals surface area (Å²) in [5, 5.41) is 0.377. The number of rotatable bonds is 9. The highest BCUT2D eigenvalue weighted by Crippen LogP contribution is 2.25. The van der Waals surface area contributed by atoms with Crippen molar-refractivity contribution in [2.45, 2.75) is 11.5 Å². The molecule has 0 radical (unpaired) electrons. The van der Waals surface area contributed by atoms with Gasteiger partial charge < -0.3 is 14.2 Å². The van der Waals surface area contributed by atoms with Crippen molar-refractivity contribution < 1.29 is 27.4 Å². The molecule has 32 heavy (non-hydrogen) atoms. The Kier molecular flexibility index (Phi) is 7.46. The van der Waals surface area contributed by atoms with Gasteiger partial charge in [0.25, 0.3) is 5.56 Å². The van der Waals surface area contributed by atoms with Crippen LogP contribution in [0.2, 0.25) is 5.02 Å². The third-order valence-electron chi connectivity index (χ3n) is 4.31. The average molecular weight is 482 g/mol. The van der Waals surface area contributed by atoms with Crippen molar-refractivity contribution in [1.29, 1.82) is 0 Å². The lowest BCUT2D eigenvalue weighted by molar-refractivity contribution is 0.0467. The first-order valence-electron chi connectivity index (χ1n) is 9.27. The van der Waals surface area contributed by atoms with Gasteiger partial charge in [-0.05, 0) is 30.3 Å². The second kappa shape index (κ2) is 10.1. The van der Waals surface area contributed by atoms with E-state index in [0.29, 0.717) is 10.7 Å². The van der Waals surface area contributed by atoms with Gasteiger partial charge in [-0.15, -0.1) is 0 Å². The summed E-state index contributed by atoms with van der Waals surface area (Å²) >= 11 is 5.88. The monoisotopic (exact) mass is 481 g/mol. The largest absolute Gasteiger partial charge is 0.495 e. The van der Waals surface area contributed by atoms with Gasteiger partial charge in [0, 0.05) is 25.9 Å². The third kappa shape index (κ3) is 5.43. The zero-order chi connectivity index (χ0) is 23.3. The van der Waals surface area contributed by atoms with Gasteiger partial charge >= 0.3 is 5.97 Å². The molecule has 2 aromatic heterocycles. The van der Waals surface area contributed by atoms with E-state index in [1.807, 2.05) is 0 Å². The fraction of sp³-hybridized carbons (Fsp3) is 0.250. The van der Waals surface area contributed by atoms with E-state index >= 15 is 0 Å². The summed E-state index contributed by atoms with van der Waals surface area (Å²) in [6.07, 6.45) is 1.43. The van der Waals surface area contributed by atoms with Crippen molar-refractivity contribution in [3.8, 4) is 5.75 Å². The normalized spacial score (nSPS) is 11.5. The molecular formula is C20H20ClN3O7S. The number of ether oxygens (including phenoxy) is 3. The van der Waals surface area contributed by atoms with Crippen LogP contribution < -0.4 is 15.0 Å². The molecule has 0 aliphatic heterocycles. The van der Waals surface area contributed by atoms with Gasteiger partial charge in [0.1, 0.15) is 22.9 Å². The fourth-order valence-corrected chi connectivity index (χ4v) is 4.16. The number of carbonyl (C=O) groups excluding carboxylic acids is 1. The number of methoxy groups -OCH3 is 2. The summed E-state index contributed by atoms with van der Waals surface area (Å²) in [5.74, 6) is -0.728. The number of halogens is 1. The summed E-state index contributed by atoms with van der Waals surface area (Å²) in [7, 11) is -1.20. The first kappa shape index (κ1) is 23.7. The molecule has 0 aliphatic rings. The van der Waals surface area contributed by atoms with Crippen LogP contribution in [0.5, 0.6) is 5.75 Å². The highest BCUT2D eigenvalue weighted by atomic mass is 35.5. The molecule has 0 aliphatic carbocycles. The Balaban J connectivity index is 1.80. The molecule has 0 atom stereocenters. The smallest absolute Gasteiger partial charge is 0.338 e. The van der Waals surface area contributed by atoms with Gasteiger partial charge in [-0.25, -0.2) is 22.9 Å². The minimum atomic E-state index is -3.96. The van der Waals surface area contributed by atoms with E-state index in [1.165, 1.54) is 43.0 Å². The Bertz CT molecular complexity index is 1310. The molecule has 2 heterocycles. The van der Waals surface area contributed by atoms with Gasteiger partial charge in [-0.1, -0.05) is 11.6 Å².